The summed E-state index contributed by atoms with van der Waals surface area (Å²) in [6, 6.07) is 14.9. The molecule has 0 aromatic heterocycles. The van der Waals surface area contributed by atoms with Crippen LogP contribution in [0.2, 0.25) is 0 Å². The molecule has 1 unspecified atom stereocenters. The Morgan fingerprint density at radius 1 is 0.818 bits per heavy atom. The predicted molar refractivity (Wildman–Crippen MR) is 106 cm³/mol. The van der Waals surface area contributed by atoms with Crippen LogP contribution in [0, 0.1) is 29.2 Å². The minimum Gasteiger partial charge on any atom is -0.420 e. The van der Waals surface area contributed by atoms with Gasteiger partial charge in [0.15, 0.2) is 16.5 Å². The normalized spacial score (nSPS) is 20.8. The highest BCUT2D eigenvalue weighted by Gasteiger charge is 2.47. The first-order valence-electron chi connectivity index (χ1n) is 9.84. The summed E-state index contributed by atoms with van der Waals surface area (Å²) >= 11 is 0. The molecule has 170 valence electrons. The van der Waals surface area contributed by atoms with Crippen LogP contribution < -0.4 is 4.74 Å². The van der Waals surface area contributed by atoms with Crippen LogP contribution in [0.25, 0.3) is 0 Å². The molecule has 0 heterocycles. The van der Waals surface area contributed by atoms with Gasteiger partial charge in [0.1, 0.15) is 0 Å². The zero-order valence-corrected chi connectivity index (χ0v) is 17.4. The lowest BCUT2D eigenvalue weighted by Gasteiger charge is -2.44. The number of ether oxygens (including phenoxy) is 1. The average Bonchev–Trinajstić information content (AvgIpc) is 2.79. The minimum atomic E-state index is -5.62. The number of hydrogen-bond acceptors (Lipinski definition) is 4. The van der Waals surface area contributed by atoms with E-state index in [-0.39, 0.29) is 12.3 Å². The monoisotopic (exact) mass is 478 g/mol. The Hall–Kier alpha value is -3.24. The molecule has 33 heavy (non-hydrogen) atoms. The second kappa shape index (κ2) is 7.39. The molecule has 0 fully saturated rings. The number of rotatable bonds is 3. The van der Waals surface area contributed by atoms with Gasteiger partial charge in [0.25, 0.3) is 0 Å². The Kier molecular flexibility index (Phi) is 4.84. The summed E-state index contributed by atoms with van der Waals surface area (Å²) in [7, 11) is -5.62. The molecule has 0 spiro atoms. The zero-order chi connectivity index (χ0) is 23.7. The second-order valence-electron chi connectivity index (χ2n) is 7.94. The van der Waals surface area contributed by atoms with Crippen molar-refractivity contribution in [3.05, 3.63) is 94.1 Å². The number of benzene rings is 3. The Bertz CT molecular complexity index is 1360. The van der Waals surface area contributed by atoms with Crippen molar-refractivity contribution in [3.63, 3.8) is 0 Å². The van der Waals surface area contributed by atoms with E-state index in [4.69, 9.17) is 9.29 Å². The first kappa shape index (κ1) is 21.6. The summed E-state index contributed by atoms with van der Waals surface area (Å²) in [5.41, 5.74) is 3.71. The Morgan fingerprint density at radius 2 is 1.27 bits per heavy atom. The van der Waals surface area contributed by atoms with Gasteiger partial charge >= 0.3 is 16.1 Å². The standard InChI is InChI=1S/C23H14F4O5S/c24-17-19(26)22(33(29,30)31)20(27)18(25)21(17)32-23(28)15-9-14-10-5-1-3-7-12(10)16(15)13-8-4-2-6-11(13)14/h1-8,14-16H,9H2,(H,29,30,31). The molecule has 0 aliphatic heterocycles. The third-order valence-corrected chi connectivity index (χ3v) is 7.13. The topological polar surface area (TPSA) is 80.7 Å². The molecule has 0 saturated carbocycles. The molecule has 5 nitrogen and oxygen atoms in total. The van der Waals surface area contributed by atoms with E-state index >= 15 is 0 Å². The third kappa shape index (κ3) is 3.16. The number of hydrogen-bond donors (Lipinski definition) is 1. The van der Waals surface area contributed by atoms with Crippen molar-refractivity contribution < 1.29 is 40.1 Å². The molecule has 3 aromatic rings. The van der Waals surface area contributed by atoms with Gasteiger partial charge in [-0.2, -0.15) is 17.2 Å². The maximum atomic E-state index is 14.4. The summed E-state index contributed by atoms with van der Waals surface area (Å²) in [6.45, 7) is 0. The Labute approximate surface area is 185 Å². The van der Waals surface area contributed by atoms with E-state index in [1.165, 1.54) is 0 Å². The first-order chi connectivity index (χ1) is 15.6. The second-order valence-corrected chi connectivity index (χ2v) is 9.30. The lowest BCUT2D eigenvalue weighted by molar-refractivity contribution is -0.140. The van der Waals surface area contributed by atoms with Crippen molar-refractivity contribution in [3.8, 4) is 5.75 Å². The zero-order valence-electron chi connectivity index (χ0n) is 16.6. The van der Waals surface area contributed by atoms with Crippen molar-refractivity contribution in [2.45, 2.75) is 23.2 Å². The van der Waals surface area contributed by atoms with Crippen LogP contribution in [0.5, 0.6) is 5.75 Å². The molecule has 3 aliphatic rings. The van der Waals surface area contributed by atoms with Crippen molar-refractivity contribution in [2.75, 3.05) is 0 Å². The SMILES string of the molecule is O=C(Oc1c(F)c(F)c(S(=O)(=O)O)c(F)c1F)C1CC2c3ccccc3C1c1ccccc12. The van der Waals surface area contributed by atoms with E-state index in [2.05, 4.69) is 0 Å². The summed E-state index contributed by atoms with van der Waals surface area (Å²) in [5, 5.41) is 0. The fourth-order valence-electron chi connectivity index (χ4n) is 4.95. The van der Waals surface area contributed by atoms with Crippen molar-refractivity contribution >= 4 is 16.1 Å². The van der Waals surface area contributed by atoms with Crippen LogP contribution in [0.4, 0.5) is 17.6 Å². The first-order valence-corrected chi connectivity index (χ1v) is 11.3. The van der Waals surface area contributed by atoms with Crippen LogP contribution in [0.3, 0.4) is 0 Å². The smallest absolute Gasteiger partial charge is 0.315 e. The molecule has 10 heteroatoms. The van der Waals surface area contributed by atoms with E-state index in [1.807, 2.05) is 36.4 Å². The molecule has 1 N–H and O–H groups in total. The van der Waals surface area contributed by atoms with Gasteiger partial charge in [0, 0.05) is 11.8 Å². The van der Waals surface area contributed by atoms with Crippen molar-refractivity contribution in [2.24, 2.45) is 5.92 Å². The third-order valence-electron chi connectivity index (χ3n) is 6.25. The average molecular weight is 478 g/mol. The number of fused-ring (bicyclic) bond motifs is 1. The van der Waals surface area contributed by atoms with Crippen LogP contribution in [0.15, 0.2) is 53.4 Å². The molecule has 0 saturated heterocycles. The number of carbonyl (C=O) groups excluding carboxylic acids is 1. The quantitative estimate of drug-likeness (QED) is 0.194. The van der Waals surface area contributed by atoms with Gasteiger partial charge in [-0.3, -0.25) is 9.35 Å². The van der Waals surface area contributed by atoms with Gasteiger partial charge in [0.2, 0.25) is 17.4 Å². The molecular formula is C23H14F4O5S. The van der Waals surface area contributed by atoms with Crippen LogP contribution >= 0.6 is 0 Å². The summed E-state index contributed by atoms with van der Waals surface area (Å²) < 4.78 is 92.9. The van der Waals surface area contributed by atoms with E-state index in [1.54, 1.807) is 12.1 Å². The van der Waals surface area contributed by atoms with Gasteiger partial charge in [0.05, 0.1) is 5.92 Å². The fourth-order valence-corrected chi connectivity index (χ4v) is 5.58. The van der Waals surface area contributed by atoms with Crippen molar-refractivity contribution in [1.82, 2.24) is 0 Å². The van der Waals surface area contributed by atoms with E-state index in [0.29, 0.717) is 0 Å². The fraction of sp³-hybridized carbons (Fsp3) is 0.174. The number of esters is 1. The highest BCUT2D eigenvalue weighted by Crippen LogP contribution is 2.55. The maximum absolute atomic E-state index is 14.4. The summed E-state index contributed by atoms with van der Waals surface area (Å²) in [5.74, 6) is -13.7. The predicted octanol–water partition coefficient (Wildman–Crippen LogP) is 4.69. The largest absolute Gasteiger partial charge is 0.420 e. The highest BCUT2D eigenvalue weighted by molar-refractivity contribution is 7.85. The van der Waals surface area contributed by atoms with Crippen LogP contribution in [-0.4, -0.2) is 18.9 Å². The van der Waals surface area contributed by atoms with Crippen molar-refractivity contribution in [1.29, 1.82) is 0 Å². The lowest BCUT2D eigenvalue weighted by atomic mass is 9.59. The molecule has 3 aromatic carbocycles. The van der Waals surface area contributed by atoms with Crippen LogP contribution in [-0.2, 0) is 14.9 Å². The molecule has 2 bridgehead atoms. The van der Waals surface area contributed by atoms with Gasteiger partial charge < -0.3 is 4.74 Å². The summed E-state index contributed by atoms with van der Waals surface area (Å²) in [4.78, 5) is 10.8. The van der Waals surface area contributed by atoms with Crippen LogP contribution in [0.1, 0.15) is 40.5 Å². The Morgan fingerprint density at radius 3 is 1.73 bits per heavy atom. The highest BCUT2D eigenvalue weighted by atomic mass is 32.2. The van der Waals surface area contributed by atoms with E-state index in [9.17, 15) is 30.8 Å². The molecular weight excluding hydrogens is 464 g/mol. The molecule has 0 radical (unpaired) electrons. The van der Waals surface area contributed by atoms with Gasteiger partial charge in [-0.25, -0.2) is 8.78 Å². The lowest BCUT2D eigenvalue weighted by Crippen LogP contribution is -2.38. The maximum Gasteiger partial charge on any atom is 0.315 e. The van der Waals surface area contributed by atoms with Gasteiger partial charge in [-0.05, 0) is 28.7 Å². The molecule has 3 aliphatic carbocycles. The molecule has 6 rings (SSSR count). The number of halogens is 4. The van der Waals surface area contributed by atoms with Gasteiger partial charge in [-0.1, -0.05) is 48.5 Å². The van der Waals surface area contributed by atoms with E-state index < -0.39 is 61.8 Å². The number of carbonyl (C=O) groups is 1. The van der Waals surface area contributed by atoms with Gasteiger partial charge in [-0.15, -0.1) is 0 Å². The minimum absolute atomic E-state index is 0.190. The molecule has 1 atom stereocenters. The Balaban J connectivity index is 1.57. The summed E-state index contributed by atoms with van der Waals surface area (Å²) in [6.07, 6.45) is 0.245. The van der Waals surface area contributed by atoms with E-state index in [0.717, 1.165) is 22.3 Å². The molecule has 0 amide bonds.